The first-order valence-electron chi connectivity index (χ1n) is 7.34. The Morgan fingerprint density at radius 2 is 2.22 bits per heavy atom. The number of carbonyl (C=O) groups excluding carboxylic acids is 1. The third-order valence-electron chi connectivity index (χ3n) is 3.81. The average molecular weight is 254 g/mol. The van der Waals surface area contributed by atoms with Gasteiger partial charge in [0, 0.05) is 31.7 Å². The Morgan fingerprint density at radius 3 is 2.94 bits per heavy atom. The fourth-order valence-electron chi connectivity index (χ4n) is 2.43. The highest BCUT2D eigenvalue weighted by molar-refractivity contribution is 5.78. The Hall–Kier alpha value is -0.610. The molecule has 104 valence electrons. The molecule has 2 N–H and O–H groups in total. The molecule has 0 aromatic carbocycles. The lowest BCUT2D eigenvalue weighted by Gasteiger charge is -2.27. The molecule has 1 saturated heterocycles. The molecule has 1 aliphatic heterocycles. The predicted octanol–water partition coefficient (Wildman–Crippen LogP) is 1.31. The minimum Gasteiger partial charge on any atom is -0.381 e. The van der Waals surface area contributed by atoms with Crippen LogP contribution in [0.3, 0.4) is 0 Å². The van der Waals surface area contributed by atoms with Crippen molar-refractivity contribution in [3.8, 4) is 0 Å². The minimum atomic E-state index is 0.202. The van der Waals surface area contributed by atoms with E-state index in [-0.39, 0.29) is 11.8 Å². The molecule has 0 aromatic rings. The van der Waals surface area contributed by atoms with Crippen LogP contribution >= 0.6 is 0 Å². The maximum absolute atomic E-state index is 11.9. The van der Waals surface area contributed by atoms with Crippen molar-refractivity contribution in [2.75, 3.05) is 26.3 Å². The molecule has 2 atom stereocenters. The summed E-state index contributed by atoms with van der Waals surface area (Å²) in [5.74, 6) is 1.26. The zero-order chi connectivity index (χ0) is 12.8. The fourth-order valence-corrected chi connectivity index (χ4v) is 2.43. The smallest absolute Gasteiger partial charge is 0.223 e. The van der Waals surface area contributed by atoms with Gasteiger partial charge < -0.3 is 15.4 Å². The number of amides is 1. The molecule has 2 fully saturated rings. The summed E-state index contributed by atoms with van der Waals surface area (Å²) in [7, 11) is 0. The van der Waals surface area contributed by atoms with Gasteiger partial charge in [-0.05, 0) is 51.5 Å². The highest BCUT2D eigenvalue weighted by Gasteiger charge is 2.24. The molecule has 1 heterocycles. The third kappa shape index (κ3) is 4.94. The van der Waals surface area contributed by atoms with Gasteiger partial charge in [-0.25, -0.2) is 0 Å². The van der Waals surface area contributed by atoms with Crippen LogP contribution in [-0.2, 0) is 9.53 Å². The Bertz CT molecular complexity index is 267. The maximum atomic E-state index is 11.9. The van der Waals surface area contributed by atoms with Gasteiger partial charge in [-0.1, -0.05) is 0 Å². The predicted molar refractivity (Wildman–Crippen MR) is 71.4 cm³/mol. The molecule has 0 unspecified atom stereocenters. The van der Waals surface area contributed by atoms with Crippen molar-refractivity contribution in [2.24, 2.45) is 11.8 Å². The number of hydrogen-bond acceptors (Lipinski definition) is 3. The molecule has 4 heteroatoms. The van der Waals surface area contributed by atoms with Crippen LogP contribution in [-0.4, -0.2) is 38.3 Å². The van der Waals surface area contributed by atoms with Crippen molar-refractivity contribution in [3.63, 3.8) is 0 Å². The second-order valence-electron chi connectivity index (χ2n) is 5.74. The van der Waals surface area contributed by atoms with Crippen molar-refractivity contribution >= 4 is 5.91 Å². The van der Waals surface area contributed by atoms with Gasteiger partial charge in [-0.2, -0.15) is 0 Å². The van der Waals surface area contributed by atoms with Gasteiger partial charge in [0.2, 0.25) is 5.91 Å². The molecular weight excluding hydrogens is 228 g/mol. The highest BCUT2D eigenvalue weighted by atomic mass is 16.5. The van der Waals surface area contributed by atoms with Crippen LogP contribution in [0.4, 0.5) is 0 Å². The molecule has 1 saturated carbocycles. The van der Waals surface area contributed by atoms with E-state index in [1.807, 2.05) is 0 Å². The van der Waals surface area contributed by atoms with Crippen LogP contribution in [0.25, 0.3) is 0 Å². The van der Waals surface area contributed by atoms with Crippen LogP contribution in [0.1, 0.15) is 39.0 Å². The molecular formula is C14H26N2O2. The number of rotatable bonds is 7. The third-order valence-corrected chi connectivity index (χ3v) is 3.81. The van der Waals surface area contributed by atoms with Crippen molar-refractivity contribution in [2.45, 2.75) is 45.1 Å². The first-order valence-corrected chi connectivity index (χ1v) is 7.34. The fraction of sp³-hybridized carbons (Fsp3) is 0.929. The van der Waals surface area contributed by atoms with E-state index in [1.165, 1.54) is 12.8 Å². The Morgan fingerprint density at radius 1 is 1.39 bits per heavy atom. The largest absolute Gasteiger partial charge is 0.381 e. The summed E-state index contributed by atoms with van der Waals surface area (Å²) in [6.45, 7) is 5.55. The first kappa shape index (κ1) is 13.8. The van der Waals surface area contributed by atoms with Crippen LogP contribution in [0.5, 0.6) is 0 Å². The molecule has 18 heavy (non-hydrogen) atoms. The summed E-state index contributed by atoms with van der Waals surface area (Å²) in [6.07, 6.45) is 5.53. The summed E-state index contributed by atoms with van der Waals surface area (Å²) in [5, 5.41) is 6.40. The van der Waals surface area contributed by atoms with Gasteiger partial charge in [0.1, 0.15) is 0 Å². The van der Waals surface area contributed by atoms with E-state index in [9.17, 15) is 4.79 Å². The Balaban J connectivity index is 1.48. The summed E-state index contributed by atoms with van der Waals surface area (Å²) < 4.78 is 5.54. The second-order valence-corrected chi connectivity index (χ2v) is 5.74. The van der Waals surface area contributed by atoms with E-state index < -0.39 is 0 Å². The van der Waals surface area contributed by atoms with Gasteiger partial charge in [-0.15, -0.1) is 0 Å². The molecule has 0 bridgehead atoms. The average Bonchev–Trinajstić information content (AvgIpc) is 3.17. The van der Waals surface area contributed by atoms with Gasteiger partial charge in [-0.3, -0.25) is 4.79 Å². The van der Waals surface area contributed by atoms with Gasteiger partial charge >= 0.3 is 0 Å². The van der Waals surface area contributed by atoms with E-state index in [4.69, 9.17) is 4.74 Å². The summed E-state index contributed by atoms with van der Waals surface area (Å²) in [6, 6.07) is 0.469. The first-order chi connectivity index (χ1) is 8.75. The van der Waals surface area contributed by atoms with Crippen molar-refractivity contribution in [1.29, 1.82) is 0 Å². The van der Waals surface area contributed by atoms with Crippen molar-refractivity contribution in [3.05, 3.63) is 0 Å². The van der Waals surface area contributed by atoms with Gasteiger partial charge in [0.25, 0.3) is 0 Å². The summed E-state index contributed by atoms with van der Waals surface area (Å²) in [5.41, 5.74) is 0. The second kappa shape index (κ2) is 7.10. The molecule has 0 spiro atoms. The molecule has 0 aromatic heterocycles. The Labute approximate surface area is 110 Å². The van der Waals surface area contributed by atoms with E-state index in [0.29, 0.717) is 6.04 Å². The molecule has 1 aliphatic carbocycles. The van der Waals surface area contributed by atoms with Gasteiger partial charge in [0.15, 0.2) is 0 Å². The molecule has 2 rings (SSSR count). The molecule has 0 radical (unpaired) electrons. The van der Waals surface area contributed by atoms with Crippen LogP contribution in [0.15, 0.2) is 0 Å². The summed E-state index contributed by atoms with van der Waals surface area (Å²) in [4.78, 5) is 11.9. The van der Waals surface area contributed by atoms with E-state index in [0.717, 1.165) is 51.5 Å². The lowest BCUT2D eigenvalue weighted by molar-refractivity contribution is -0.126. The number of ether oxygens (including phenoxy) is 1. The summed E-state index contributed by atoms with van der Waals surface area (Å²) >= 11 is 0. The quantitative estimate of drug-likeness (QED) is 0.673. The molecule has 2 aliphatic rings. The Kier molecular flexibility index (Phi) is 5.45. The molecule has 4 nitrogen and oxygen atoms in total. The number of nitrogens with one attached hydrogen (secondary N) is 2. The van der Waals surface area contributed by atoms with E-state index >= 15 is 0 Å². The molecule has 1 amide bonds. The maximum Gasteiger partial charge on any atom is 0.223 e. The SMILES string of the molecule is C[C@H]1C[C@@H](C(=O)NCCCOCC2CC2)CCN1. The van der Waals surface area contributed by atoms with E-state index in [2.05, 4.69) is 17.6 Å². The van der Waals surface area contributed by atoms with Crippen LogP contribution < -0.4 is 10.6 Å². The van der Waals surface area contributed by atoms with Crippen LogP contribution in [0.2, 0.25) is 0 Å². The van der Waals surface area contributed by atoms with Crippen LogP contribution in [0, 0.1) is 11.8 Å². The standard InChI is InChI=1S/C14H26N2O2/c1-11-9-13(5-7-15-11)14(17)16-6-2-8-18-10-12-3-4-12/h11-13,15H,2-10H2,1H3,(H,16,17)/t11-,13-/m0/s1. The number of carbonyl (C=O) groups is 1. The lowest BCUT2D eigenvalue weighted by atomic mass is 9.92. The zero-order valence-electron chi connectivity index (χ0n) is 11.4. The normalized spacial score (nSPS) is 28.1. The van der Waals surface area contributed by atoms with Gasteiger partial charge in [0.05, 0.1) is 0 Å². The van der Waals surface area contributed by atoms with Crippen molar-refractivity contribution in [1.82, 2.24) is 10.6 Å². The van der Waals surface area contributed by atoms with Crippen molar-refractivity contribution < 1.29 is 9.53 Å². The lowest BCUT2D eigenvalue weighted by Crippen LogP contribution is -2.42. The monoisotopic (exact) mass is 254 g/mol. The topological polar surface area (TPSA) is 50.4 Å². The minimum absolute atomic E-state index is 0.202. The highest BCUT2D eigenvalue weighted by Crippen LogP contribution is 2.28. The number of piperidine rings is 1. The van der Waals surface area contributed by atoms with E-state index in [1.54, 1.807) is 0 Å². The zero-order valence-corrected chi connectivity index (χ0v) is 11.4. The number of hydrogen-bond donors (Lipinski definition) is 2.